The van der Waals surface area contributed by atoms with Gasteiger partial charge in [0, 0.05) is 0 Å². The largest absolute Gasteiger partial charge is 0.390 e. The Balaban J connectivity index is 2.29. The number of ether oxygens (including phenoxy) is 1. The highest BCUT2D eigenvalue weighted by molar-refractivity contribution is 4.75. The maximum absolute atomic E-state index is 9.35. The van der Waals surface area contributed by atoms with E-state index in [0.717, 1.165) is 19.3 Å². The average molecular weight is 144 g/mol. The van der Waals surface area contributed by atoms with Crippen molar-refractivity contribution in [3.8, 4) is 0 Å². The summed E-state index contributed by atoms with van der Waals surface area (Å²) in [5.74, 6) is 0. The van der Waals surface area contributed by atoms with E-state index in [1.807, 2.05) is 6.92 Å². The molecule has 1 rings (SSSR count). The van der Waals surface area contributed by atoms with Gasteiger partial charge in [-0.2, -0.15) is 0 Å². The summed E-state index contributed by atoms with van der Waals surface area (Å²) in [6.45, 7) is 4.04. The normalized spacial score (nSPS) is 36.3. The fourth-order valence-electron chi connectivity index (χ4n) is 1.38. The van der Waals surface area contributed by atoms with E-state index in [2.05, 4.69) is 6.92 Å². The molecule has 0 aromatic carbocycles. The van der Waals surface area contributed by atoms with E-state index in [1.54, 1.807) is 0 Å². The van der Waals surface area contributed by atoms with E-state index in [-0.39, 0.29) is 12.2 Å². The summed E-state index contributed by atoms with van der Waals surface area (Å²) in [6, 6.07) is 0. The van der Waals surface area contributed by atoms with Gasteiger partial charge in [0.05, 0.1) is 18.3 Å². The third kappa shape index (κ3) is 1.70. The van der Waals surface area contributed by atoms with Crippen LogP contribution in [0.2, 0.25) is 0 Å². The summed E-state index contributed by atoms with van der Waals surface area (Å²) in [6.07, 6.45) is 3.14. The van der Waals surface area contributed by atoms with Crippen molar-refractivity contribution in [2.75, 3.05) is 0 Å². The molecule has 10 heavy (non-hydrogen) atoms. The predicted octanol–water partition coefficient (Wildman–Crippen LogP) is 1.32. The van der Waals surface area contributed by atoms with Crippen LogP contribution in [0.15, 0.2) is 0 Å². The van der Waals surface area contributed by atoms with Crippen molar-refractivity contribution in [1.29, 1.82) is 0 Å². The number of rotatable bonds is 2. The molecule has 2 nitrogen and oxygen atoms in total. The molecule has 0 bridgehead atoms. The molecule has 0 aromatic heterocycles. The number of hydrogen-bond acceptors (Lipinski definition) is 2. The lowest BCUT2D eigenvalue weighted by Crippen LogP contribution is -2.24. The Morgan fingerprint density at radius 1 is 1.60 bits per heavy atom. The first-order valence-corrected chi connectivity index (χ1v) is 4.07. The molecule has 1 N–H and O–H groups in total. The smallest absolute Gasteiger partial charge is 0.0838 e. The molecule has 3 atom stereocenters. The van der Waals surface area contributed by atoms with E-state index >= 15 is 0 Å². The third-order valence-corrected chi connectivity index (χ3v) is 2.11. The van der Waals surface area contributed by atoms with Crippen molar-refractivity contribution in [2.24, 2.45) is 0 Å². The quantitative estimate of drug-likeness (QED) is 0.633. The van der Waals surface area contributed by atoms with E-state index < -0.39 is 0 Å². The molecular weight excluding hydrogens is 128 g/mol. The van der Waals surface area contributed by atoms with E-state index in [9.17, 15) is 5.11 Å². The van der Waals surface area contributed by atoms with Crippen LogP contribution in [-0.2, 0) is 4.74 Å². The second-order valence-corrected chi connectivity index (χ2v) is 3.04. The number of aliphatic hydroxyl groups excluding tert-OH is 1. The van der Waals surface area contributed by atoms with Gasteiger partial charge in [0.1, 0.15) is 0 Å². The Kier molecular flexibility index (Phi) is 2.69. The summed E-state index contributed by atoms with van der Waals surface area (Å²) in [5, 5.41) is 9.35. The van der Waals surface area contributed by atoms with Crippen LogP contribution < -0.4 is 0 Å². The molecule has 1 saturated heterocycles. The van der Waals surface area contributed by atoms with Gasteiger partial charge in [0.2, 0.25) is 0 Å². The molecular formula is C8H16O2. The molecule has 60 valence electrons. The molecule has 2 heteroatoms. The zero-order valence-corrected chi connectivity index (χ0v) is 6.71. The molecule has 0 saturated carbocycles. The van der Waals surface area contributed by atoms with Gasteiger partial charge in [-0.25, -0.2) is 0 Å². The Labute approximate surface area is 62.2 Å². The Bertz CT molecular complexity index is 103. The zero-order valence-electron chi connectivity index (χ0n) is 6.71. The maximum atomic E-state index is 9.35. The van der Waals surface area contributed by atoms with Gasteiger partial charge < -0.3 is 9.84 Å². The molecule has 0 aliphatic carbocycles. The van der Waals surface area contributed by atoms with Crippen molar-refractivity contribution < 1.29 is 9.84 Å². The van der Waals surface area contributed by atoms with Gasteiger partial charge in [-0.05, 0) is 26.2 Å². The van der Waals surface area contributed by atoms with Crippen LogP contribution in [0, 0.1) is 0 Å². The predicted molar refractivity (Wildman–Crippen MR) is 39.9 cm³/mol. The van der Waals surface area contributed by atoms with E-state index in [4.69, 9.17) is 4.74 Å². The first-order valence-electron chi connectivity index (χ1n) is 4.07. The average Bonchev–Trinajstić information content (AvgIpc) is 2.34. The monoisotopic (exact) mass is 144 g/mol. The Morgan fingerprint density at radius 2 is 2.30 bits per heavy atom. The molecule has 0 radical (unpaired) electrons. The van der Waals surface area contributed by atoms with Gasteiger partial charge in [-0.3, -0.25) is 0 Å². The summed E-state index contributed by atoms with van der Waals surface area (Å²) in [5.41, 5.74) is 0. The van der Waals surface area contributed by atoms with Crippen LogP contribution in [0.5, 0.6) is 0 Å². The summed E-state index contributed by atoms with van der Waals surface area (Å²) >= 11 is 0. The van der Waals surface area contributed by atoms with Crippen molar-refractivity contribution in [3.05, 3.63) is 0 Å². The highest BCUT2D eigenvalue weighted by atomic mass is 16.5. The first-order chi connectivity index (χ1) is 4.74. The van der Waals surface area contributed by atoms with Crippen molar-refractivity contribution in [1.82, 2.24) is 0 Å². The molecule has 3 unspecified atom stereocenters. The van der Waals surface area contributed by atoms with Crippen LogP contribution >= 0.6 is 0 Å². The van der Waals surface area contributed by atoms with Crippen LogP contribution in [0.4, 0.5) is 0 Å². The van der Waals surface area contributed by atoms with Gasteiger partial charge in [0.15, 0.2) is 0 Å². The van der Waals surface area contributed by atoms with Crippen molar-refractivity contribution >= 4 is 0 Å². The second-order valence-electron chi connectivity index (χ2n) is 3.04. The minimum absolute atomic E-state index is 0.111. The molecule has 1 aliphatic heterocycles. The van der Waals surface area contributed by atoms with E-state index in [1.165, 1.54) is 0 Å². The lowest BCUT2D eigenvalue weighted by atomic mass is 10.1. The molecule has 0 spiro atoms. The number of hydrogen-bond donors (Lipinski definition) is 1. The molecule has 1 fully saturated rings. The van der Waals surface area contributed by atoms with Crippen LogP contribution in [0.3, 0.4) is 0 Å². The van der Waals surface area contributed by atoms with Crippen LogP contribution in [0.1, 0.15) is 33.1 Å². The van der Waals surface area contributed by atoms with Gasteiger partial charge in [-0.1, -0.05) is 6.92 Å². The lowest BCUT2D eigenvalue weighted by Gasteiger charge is -2.15. The molecule has 1 aliphatic rings. The fraction of sp³-hybridized carbons (Fsp3) is 1.00. The standard InChI is InChI=1S/C8H16O2/c1-3-7(9)8-5-4-6(2)10-8/h6-9H,3-5H2,1-2H3. The number of aliphatic hydroxyl groups is 1. The van der Waals surface area contributed by atoms with Gasteiger partial charge in [-0.15, -0.1) is 0 Å². The van der Waals surface area contributed by atoms with Crippen molar-refractivity contribution in [3.63, 3.8) is 0 Å². The van der Waals surface area contributed by atoms with Crippen LogP contribution in [0.25, 0.3) is 0 Å². The van der Waals surface area contributed by atoms with Gasteiger partial charge in [0.25, 0.3) is 0 Å². The summed E-state index contributed by atoms with van der Waals surface area (Å²) < 4.78 is 5.46. The Morgan fingerprint density at radius 3 is 2.70 bits per heavy atom. The summed E-state index contributed by atoms with van der Waals surface area (Å²) in [4.78, 5) is 0. The Hall–Kier alpha value is -0.0800. The third-order valence-electron chi connectivity index (χ3n) is 2.11. The van der Waals surface area contributed by atoms with E-state index in [0.29, 0.717) is 6.10 Å². The second kappa shape index (κ2) is 3.35. The highest BCUT2D eigenvalue weighted by Gasteiger charge is 2.26. The molecule has 0 aromatic rings. The fourth-order valence-corrected chi connectivity index (χ4v) is 1.38. The van der Waals surface area contributed by atoms with Crippen molar-refractivity contribution in [2.45, 2.75) is 51.4 Å². The molecule has 1 heterocycles. The molecule has 0 amide bonds. The zero-order chi connectivity index (χ0) is 7.56. The van der Waals surface area contributed by atoms with Crippen LogP contribution in [-0.4, -0.2) is 23.4 Å². The summed E-state index contributed by atoms with van der Waals surface area (Å²) in [7, 11) is 0. The first kappa shape index (κ1) is 8.02. The lowest BCUT2D eigenvalue weighted by molar-refractivity contribution is -0.0294. The highest BCUT2D eigenvalue weighted by Crippen LogP contribution is 2.22. The topological polar surface area (TPSA) is 29.5 Å². The SMILES string of the molecule is CCC(O)C1CCC(C)O1. The minimum Gasteiger partial charge on any atom is -0.390 e. The minimum atomic E-state index is -0.245. The maximum Gasteiger partial charge on any atom is 0.0838 e. The van der Waals surface area contributed by atoms with Gasteiger partial charge >= 0.3 is 0 Å².